The Kier molecular flexibility index (Phi) is 4.74. The van der Waals surface area contributed by atoms with Crippen LogP contribution in [0.4, 0.5) is 0 Å². The third-order valence-electron chi connectivity index (χ3n) is 3.69. The van der Waals surface area contributed by atoms with Crippen LogP contribution in [0, 0.1) is 0 Å². The van der Waals surface area contributed by atoms with Gasteiger partial charge in [-0.1, -0.05) is 24.3 Å². The SMILES string of the molecule is O=C(NCC[C@H](O)C(=O)O)C1CCCc2ccccc21. The zero-order valence-electron chi connectivity index (χ0n) is 11.2. The molecule has 0 radical (unpaired) electrons. The number of carbonyl (C=O) groups excluding carboxylic acids is 1. The van der Waals surface area contributed by atoms with Crippen molar-refractivity contribution in [2.75, 3.05) is 6.54 Å². The first-order chi connectivity index (χ1) is 9.59. The van der Waals surface area contributed by atoms with Crippen molar-refractivity contribution in [1.29, 1.82) is 0 Å². The number of hydrogen-bond donors (Lipinski definition) is 3. The highest BCUT2D eigenvalue weighted by molar-refractivity contribution is 5.84. The number of aliphatic hydroxyl groups excluding tert-OH is 1. The number of carboxylic acids is 1. The number of rotatable bonds is 5. The number of aliphatic hydroxyl groups is 1. The van der Waals surface area contributed by atoms with Crippen LogP contribution in [0.1, 0.15) is 36.3 Å². The Bertz CT molecular complexity index is 500. The van der Waals surface area contributed by atoms with Crippen molar-refractivity contribution in [2.45, 2.75) is 37.7 Å². The summed E-state index contributed by atoms with van der Waals surface area (Å²) in [6, 6.07) is 7.93. The minimum atomic E-state index is -1.42. The largest absolute Gasteiger partial charge is 0.479 e. The van der Waals surface area contributed by atoms with Crippen LogP contribution in [-0.4, -0.2) is 34.7 Å². The first-order valence-corrected chi connectivity index (χ1v) is 6.86. The van der Waals surface area contributed by atoms with Crippen molar-refractivity contribution in [3.63, 3.8) is 0 Å². The molecule has 5 nitrogen and oxygen atoms in total. The van der Waals surface area contributed by atoms with Gasteiger partial charge in [0.15, 0.2) is 6.10 Å². The molecule has 1 aliphatic carbocycles. The second-order valence-corrected chi connectivity index (χ2v) is 5.08. The number of aryl methyl sites for hydroxylation is 1. The van der Waals surface area contributed by atoms with Gasteiger partial charge in [0, 0.05) is 13.0 Å². The summed E-state index contributed by atoms with van der Waals surface area (Å²) in [5.74, 6) is -1.51. The topological polar surface area (TPSA) is 86.6 Å². The van der Waals surface area contributed by atoms with Gasteiger partial charge in [0.2, 0.25) is 5.91 Å². The van der Waals surface area contributed by atoms with E-state index in [4.69, 9.17) is 10.2 Å². The second-order valence-electron chi connectivity index (χ2n) is 5.08. The van der Waals surface area contributed by atoms with E-state index >= 15 is 0 Å². The Morgan fingerprint density at radius 3 is 2.85 bits per heavy atom. The third kappa shape index (κ3) is 3.36. The summed E-state index contributed by atoms with van der Waals surface area (Å²) in [4.78, 5) is 22.6. The maximum absolute atomic E-state index is 12.2. The average molecular weight is 277 g/mol. The molecule has 0 bridgehead atoms. The van der Waals surface area contributed by atoms with Gasteiger partial charge in [-0.2, -0.15) is 0 Å². The standard InChI is InChI=1S/C15H19NO4/c17-13(15(19)20)8-9-16-14(18)12-7-3-5-10-4-1-2-6-11(10)12/h1-2,4,6,12-13,17H,3,5,7-9H2,(H,16,18)(H,19,20)/t12?,13-/m0/s1. The molecular weight excluding hydrogens is 258 g/mol. The molecule has 20 heavy (non-hydrogen) atoms. The minimum Gasteiger partial charge on any atom is -0.479 e. The summed E-state index contributed by atoms with van der Waals surface area (Å²) in [7, 11) is 0. The molecule has 1 amide bonds. The predicted molar refractivity (Wildman–Crippen MR) is 73.4 cm³/mol. The molecule has 0 saturated heterocycles. The highest BCUT2D eigenvalue weighted by atomic mass is 16.4. The Hall–Kier alpha value is -1.88. The summed E-state index contributed by atoms with van der Waals surface area (Å²) in [6.07, 6.45) is 1.39. The molecule has 1 unspecified atom stereocenters. The predicted octanol–water partition coefficient (Wildman–Crippen LogP) is 1.06. The van der Waals surface area contributed by atoms with Crippen LogP contribution in [0.25, 0.3) is 0 Å². The molecule has 0 aromatic heterocycles. The molecule has 108 valence electrons. The van der Waals surface area contributed by atoms with Crippen LogP contribution in [-0.2, 0) is 16.0 Å². The Morgan fingerprint density at radius 1 is 1.35 bits per heavy atom. The lowest BCUT2D eigenvalue weighted by Crippen LogP contribution is -2.34. The first-order valence-electron chi connectivity index (χ1n) is 6.86. The zero-order chi connectivity index (χ0) is 14.5. The number of benzene rings is 1. The first kappa shape index (κ1) is 14.5. The van der Waals surface area contributed by atoms with Gasteiger partial charge in [-0.3, -0.25) is 4.79 Å². The smallest absolute Gasteiger partial charge is 0.332 e. The lowest BCUT2D eigenvalue weighted by Gasteiger charge is -2.24. The van der Waals surface area contributed by atoms with Crippen molar-refractivity contribution in [2.24, 2.45) is 0 Å². The van der Waals surface area contributed by atoms with E-state index in [1.54, 1.807) is 0 Å². The molecule has 1 aromatic carbocycles. The number of aliphatic carboxylic acids is 1. The van der Waals surface area contributed by atoms with Gasteiger partial charge in [-0.05, 0) is 30.4 Å². The average Bonchev–Trinajstić information content (AvgIpc) is 2.46. The Morgan fingerprint density at radius 2 is 2.10 bits per heavy atom. The van der Waals surface area contributed by atoms with E-state index in [-0.39, 0.29) is 24.8 Å². The van der Waals surface area contributed by atoms with E-state index in [1.165, 1.54) is 5.56 Å². The monoisotopic (exact) mass is 277 g/mol. The highest BCUT2D eigenvalue weighted by Crippen LogP contribution is 2.31. The van der Waals surface area contributed by atoms with Gasteiger partial charge in [0.25, 0.3) is 0 Å². The second kappa shape index (κ2) is 6.52. The number of carbonyl (C=O) groups is 2. The van der Waals surface area contributed by atoms with Gasteiger partial charge in [-0.15, -0.1) is 0 Å². The molecule has 1 aromatic rings. The molecule has 0 saturated carbocycles. The lowest BCUT2D eigenvalue weighted by atomic mass is 9.82. The molecule has 5 heteroatoms. The van der Waals surface area contributed by atoms with Crippen molar-refractivity contribution in [3.8, 4) is 0 Å². The summed E-state index contributed by atoms with van der Waals surface area (Å²) in [5.41, 5.74) is 2.28. The number of hydrogen-bond acceptors (Lipinski definition) is 3. The molecule has 0 spiro atoms. The van der Waals surface area contributed by atoms with Gasteiger partial charge >= 0.3 is 5.97 Å². The van der Waals surface area contributed by atoms with Crippen LogP contribution < -0.4 is 5.32 Å². The fourth-order valence-electron chi connectivity index (χ4n) is 2.61. The van der Waals surface area contributed by atoms with Gasteiger partial charge in [0.05, 0.1) is 5.92 Å². The molecular formula is C15H19NO4. The van der Waals surface area contributed by atoms with Crippen LogP contribution in [0.3, 0.4) is 0 Å². The fraction of sp³-hybridized carbons (Fsp3) is 0.467. The zero-order valence-corrected chi connectivity index (χ0v) is 11.2. The van der Waals surface area contributed by atoms with E-state index in [9.17, 15) is 9.59 Å². The van der Waals surface area contributed by atoms with E-state index in [1.807, 2.05) is 24.3 Å². The third-order valence-corrected chi connectivity index (χ3v) is 3.69. The summed E-state index contributed by atoms with van der Waals surface area (Å²) >= 11 is 0. The van der Waals surface area contributed by atoms with Crippen LogP contribution >= 0.6 is 0 Å². The number of fused-ring (bicyclic) bond motifs is 1. The minimum absolute atomic E-state index is 0.0233. The summed E-state index contributed by atoms with van der Waals surface area (Å²) in [5, 5.41) is 20.4. The van der Waals surface area contributed by atoms with E-state index < -0.39 is 12.1 Å². The van der Waals surface area contributed by atoms with Crippen molar-refractivity contribution in [3.05, 3.63) is 35.4 Å². The Balaban J connectivity index is 1.92. The van der Waals surface area contributed by atoms with Crippen LogP contribution in [0.2, 0.25) is 0 Å². The fourth-order valence-corrected chi connectivity index (χ4v) is 2.61. The summed E-state index contributed by atoms with van der Waals surface area (Å²) in [6.45, 7) is 0.172. The molecule has 2 rings (SSSR count). The van der Waals surface area contributed by atoms with Crippen molar-refractivity contribution >= 4 is 11.9 Å². The van der Waals surface area contributed by atoms with E-state index in [0.717, 1.165) is 24.8 Å². The number of amides is 1. The highest BCUT2D eigenvalue weighted by Gasteiger charge is 2.26. The van der Waals surface area contributed by atoms with Crippen LogP contribution in [0.15, 0.2) is 24.3 Å². The molecule has 3 N–H and O–H groups in total. The molecule has 0 aliphatic heterocycles. The van der Waals surface area contributed by atoms with E-state index in [0.29, 0.717) is 0 Å². The molecule has 1 aliphatic rings. The number of nitrogens with one attached hydrogen (secondary N) is 1. The Labute approximate surface area is 117 Å². The molecule has 0 heterocycles. The number of carboxylic acid groups (broad SMARTS) is 1. The van der Waals surface area contributed by atoms with Gasteiger partial charge < -0.3 is 15.5 Å². The maximum atomic E-state index is 12.2. The van der Waals surface area contributed by atoms with Gasteiger partial charge in [0.1, 0.15) is 0 Å². The van der Waals surface area contributed by atoms with Crippen molar-refractivity contribution in [1.82, 2.24) is 5.32 Å². The van der Waals surface area contributed by atoms with E-state index in [2.05, 4.69) is 5.32 Å². The maximum Gasteiger partial charge on any atom is 0.332 e. The molecule has 2 atom stereocenters. The molecule has 0 fully saturated rings. The quantitative estimate of drug-likeness (QED) is 0.751. The summed E-state index contributed by atoms with van der Waals surface area (Å²) < 4.78 is 0. The van der Waals surface area contributed by atoms with Gasteiger partial charge in [-0.25, -0.2) is 4.79 Å². The lowest BCUT2D eigenvalue weighted by molar-refractivity contribution is -0.147. The van der Waals surface area contributed by atoms with Crippen molar-refractivity contribution < 1.29 is 19.8 Å². The normalized spacial score (nSPS) is 18.9. The van der Waals surface area contributed by atoms with Crippen LogP contribution in [0.5, 0.6) is 0 Å².